The van der Waals surface area contributed by atoms with Crippen molar-refractivity contribution in [2.24, 2.45) is 4.99 Å². The molecule has 3 heteroatoms. The maximum atomic E-state index is 4.78. The molecule has 3 nitrogen and oxygen atoms in total. The zero-order valence-corrected chi connectivity index (χ0v) is 17.0. The van der Waals surface area contributed by atoms with Gasteiger partial charge >= 0.3 is 0 Å². The second-order valence-electron chi connectivity index (χ2n) is 7.89. The number of hydrogen-bond acceptors (Lipinski definition) is 3. The van der Waals surface area contributed by atoms with E-state index in [-0.39, 0.29) is 5.54 Å². The van der Waals surface area contributed by atoms with E-state index in [4.69, 9.17) is 4.99 Å². The van der Waals surface area contributed by atoms with E-state index in [0.29, 0.717) is 0 Å². The van der Waals surface area contributed by atoms with Crippen molar-refractivity contribution in [3.8, 4) is 0 Å². The van der Waals surface area contributed by atoms with E-state index in [1.807, 2.05) is 0 Å². The van der Waals surface area contributed by atoms with Gasteiger partial charge in [0.05, 0.1) is 5.54 Å². The minimum atomic E-state index is 0.0523. The van der Waals surface area contributed by atoms with Gasteiger partial charge in [-0.25, -0.2) is 0 Å². The predicted octanol–water partition coefficient (Wildman–Crippen LogP) is 5.40. The second kappa shape index (κ2) is 12.7. The number of amidine groups is 1. The predicted molar refractivity (Wildman–Crippen MR) is 108 cm³/mol. The van der Waals surface area contributed by atoms with Crippen LogP contribution in [0.5, 0.6) is 0 Å². The van der Waals surface area contributed by atoms with Gasteiger partial charge in [-0.15, -0.1) is 0 Å². The van der Waals surface area contributed by atoms with Gasteiger partial charge in [-0.1, -0.05) is 65.2 Å². The first kappa shape index (κ1) is 21.5. The van der Waals surface area contributed by atoms with E-state index >= 15 is 0 Å². The Morgan fingerprint density at radius 3 is 2.04 bits per heavy atom. The third-order valence-electron chi connectivity index (χ3n) is 5.33. The lowest BCUT2D eigenvalue weighted by atomic mass is 9.98. The highest BCUT2D eigenvalue weighted by atomic mass is 15.2. The molecule has 0 aromatic carbocycles. The van der Waals surface area contributed by atoms with E-state index in [0.717, 1.165) is 13.1 Å². The number of unbranched alkanes of at least 4 members (excludes halogenated alkanes) is 8. The van der Waals surface area contributed by atoms with Crippen molar-refractivity contribution in [1.82, 2.24) is 10.2 Å². The van der Waals surface area contributed by atoms with Gasteiger partial charge in [0.25, 0.3) is 0 Å². The van der Waals surface area contributed by atoms with Crippen LogP contribution < -0.4 is 5.32 Å². The summed E-state index contributed by atoms with van der Waals surface area (Å²) in [5.74, 6) is 1.21. The SMILES string of the molecule is CCCCCCCCCCN(CCCC)C(C)(C)C1=NCCCN1. The summed E-state index contributed by atoms with van der Waals surface area (Å²) < 4.78 is 0. The number of aliphatic imine (C=N–C) groups is 1. The molecule has 0 amide bonds. The van der Waals surface area contributed by atoms with Gasteiger partial charge in [0.2, 0.25) is 0 Å². The van der Waals surface area contributed by atoms with Gasteiger partial charge in [0.15, 0.2) is 0 Å². The molecule has 0 aromatic rings. The smallest absolute Gasteiger partial charge is 0.116 e. The van der Waals surface area contributed by atoms with Crippen LogP contribution >= 0.6 is 0 Å². The molecule has 0 radical (unpaired) electrons. The fraction of sp³-hybridized carbons (Fsp3) is 0.952. The Kier molecular flexibility index (Phi) is 11.4. The molecule has 0 aromatic heterocycles. The molecule has 142 valence electrons. The van der Waals surface area contributed by atoms with E-state index in [1.54, 1.807) is 0 Å². The summed E-state index contributed by atoms with van der Waals surface area (Å²) in [5, 5.41) is 3.55. The van der Waals surface area contributed by atoms with E-state index in [2.05, 4.69) is 37.9 Å². The van der Waals surface area contributed by atoms with Gasteiger partial charge in [0, 0.05) is 13.1 Å². The minimum absolute atomic E-state index is 0.0523. The van der Waals surface area contributed by atoms with Crippen LogP contribution in [0.3, 0.4) is 0 Å². The quantitative estimate of drug-likeness (QED) is 0.430. The van der Waals surface area contributed by atoms with Crippen molar-refractivity contribution >= 4 is 5.84 Å². The summed E-state index contributed by atoms with van der Waals surface area (Å²) >= 11 is 0. The first-order chi connectivity index (χ1) is 11.6. The molecule has 1 rings (SSSR count). The van der Waals surface area contributed by atoms with Crippen LogP contribution in [0.2, 0.25) is 0 Å². The first-order valence-corrected chi connectivity index (χ1v) is 10.7. The maximum absolute atomic E-state index is 4.78. The topological polar surface area (TPSA) is 27.6 Å². The standard InChI is InChI=1S/C21H43N3/c1-5-7-9-10-11-12-13-14-19-24(18-8-6-2)21(3,4)20-22-16-15-17-23-20/h5-19H2,1-4H3,(H,22,23). The molecule has 0 atom stereocenters. The van der Waals surface area contributed by atoms with Crippen LogP contribution in [0, 0.1) is 0 Å². The second-order valence-corrected chi connectivity index (χ2v) is 7.89. The van der Waals surface area contributed by atoms with Crippen molar-refractivity contribution in [3.05, 3.63) is 0 Å². The van der Waals surface area contributed by atoms with E-state index in [1.165, 1.54) is 89.6 Å². The van der Waals surface area contributed by atoms with Crippen LogP contribution in [-0.2, 0) is 0 Å². The van der Waals surface area contributed by atoms with Crippen molar-refractivity contribution in [2.75, 3.05) is 26.2 Å². The van der Waals surface area contributed by atoms with Crippen LogP contribution in [0.4, 0.5) is 0 Å². The Morgan fingerprint density at radius 1 is 0.875 bits per heavy atom. The van der Waals surface area contributed by atoms with E-state index < -0.39 is 0 Å². The average molecular weight is 338 g/mol. The number of nitrogens with one attached hydrogen (secondary N) is 1. The molecule has 0 saturated carbocycles. The zero-order chi connectivity index (χ0) is 17.7. The van der Waals surface area contributed by atoms with Crippen LogP contribution in [0.1, 0.15) is 98.3 Å². The molecule has 1 heterocycles. The first-order valence-electron chi connectivity index (χ1n) is 10.7. The largest absolute Gasteiger partial charge is 0.372 e. The summed E-state index contributed by atoms with van der Waals surface area (Å²) in [7, 11) is 0. The summed E-state index contributed by atoms with van der Waals surface area (Å²) in [6, 6.07) is 0. The van der Waals surface area contributed by atoms with Gasteiger partial charge in [-0.3, -0.25) is 9.89 Å². The molecule has 1 aliphatic rings. The minimum Gasteiger partial charge on any atom is -0.372 e. The molecule has 0 fully saturated rings. The molecule has 0 saturated heterocycles. The van der Waals surface area contributed by atoms with E-state index in [9.17, 15) is 0 Å². The Bertz CT molecular complexity index is 336. The van der Waals surface area contributed by atoms with Crippen molar-refractivity contribution in [3.63, 3.8) is 0 Å². The molecule has 1 N–H and O–H groups in total. The molecule has 0 bridgehead atoms. The van der Waals surface area contributed by atoms with Crippen LogP contribution in [0.25, 0.3) is 0 Å². The zero-order valence-electron chi connectivity index (χ0n) is 17.0. The van der Waals surface area contributed by atoms with Gasteiger partial charge < -0.3 is 5.32 Å². The molecule has 0 aliphatic carbocycles. The van der Waals surface area contributed by atoms with Gasteiger partial charge in [0.1, 0.15) is 5.84 Å². The third kappa shape index (κ3) is 8.00. The fourth-order valence-corrected chi connectivity index (χ4v) is 3.55. The molecular weight excluding hydrogens is 294 g/mol. The molecule has 1 aliphatic heterocycles. The summed E-state index contributed by atoms with van der Waals surface area (Å²) in [5.41, 5.74) is 0.0523. The highest BCUT2D eigenvalue weighted by Crippen LogP contribution is 2.20. The highest BCUT2D eigenvalue weighted by Gasteiger charge is 2.32. The van der Waals surface area contributed by atoms with Gasteiger partial charge in [-0.2, -0.15) is 0 Å². The van der Waals surface area contributed by atoms with Crippen LogP contribution in [0.15, 0.2) is 4.99 Å². The lowest BCUT2D eigenvalue weighted by Crippen LogP contribution is -2.56. The van der Waals surface area contributed by atoms with Crippen molar-refractivity contribution in [1.29, 1.82) is 0 Å². The Hall–Kier alpha value is -0.570. The lowest BCUT2D eigenvalue weighted by molar-refractivity contribution is 0.166. The molecule has 0 spiro atoms. The van der Waals surface area contributed by atoms with Crippen molar-refractivity contribution in [2.45, 2.75) is 104 Å². The molecule has 0 unspecified atom stereocenters. The summed E-state index contributed by atoms with van der Waals surface area (Å²) in [4.78, 5) is 7.45. The fourth-order valence-electron chi connectivity index (χ4n) is 3.55. The molecule has 24 heavy (non-hydrogen) atoms. The lowest BCUT2D eigenvalue weighted by Gasteiger charge is -2.41. The summed E-state index contributed by atoms with van der Waals surface area (Å²) in [6.45, 7) is 13.8. The number of rotatable bonds is 14. The van der Waals surface area contributed by atoms with Crippen molar-refractivity contribution < 1.29 is 0 Å². The third-order valence-corrected chi connectivity index (χ3v) is 5.33. The molecular formula is C21H43N3. The average Bonchev–Trinajstić information content (AvgIpc) is 2.60. The summed E-state index contributed by atoms with van der Waals surface area (Å²) in [6.07, 6.45) is 14.9. The Labute approximate surface area is 151 Å². The Balaban J connectivity index is 2.37. The normalized spacial score (nSPS) is 15.5. The number of hydrogen-bond donors (Lipinski definition) is 1. The monoisotopic (exact) mass is 337 g/mol. The van der Waals surface area contributed by atoms with Crippen LogP contribution in [-0.4, -0.2) is 42.5 Å². The maximum Gasteiger partial charge on any atom is 0.116 e. The number of nitrogens with zero attached hydrogens (tertiary/aromatic N) is 2. The Morgan fingerprint density at radius 2 is 1.46 bits per heavy atom. The van der Waals surface area contributed by atoms with Gasteiger partial charge in [-0.05, 0) is 46.2 Å². The highest BCUT2D eigenvalue weighted by molar-refractivity contribution is 5.91.